The average molecular weight is 244 g/mol. The first kappa shape index (κ1) is 13.5. The summed E-state index contributed by atoms with van der Waals surface area (Å²) in [5.41, 5.74) is 8.94. The lowest BCUT2D eigenvalue weighted by Crippen LogP contribution is -2.30. The molecule has 1 aromatic rings. The maximum Gasteiger partial charge on any atom is 0.0826 e. The lowest BCUT2D eigenvalue weighted by Gasteiger charge is -2.30. The summed E-state index contributed by atoms with van der Waals surface area (Å²) in [4.78, 5) is 0. The number of nitrogens with zero attached hydrogens (tertiary/aromatic N) is 2. The standard InChI is InChI=1S/C12H21N3.ClH/c1-9-8-15(3)14-10(9)11(13)12(2)6-4-5-7-12;/h8,11H,4-7,13H2,1-3H3;1H. The minimum Gasteiger partial charge on any atom is -0.322 e. The van der Waals surface area contributed by atoms with Crippen LogP contribution in [-0.4, -0.2) is 9.78 Å². The minimum atomic E-state index is 0. The topological polar surface area (TPSA) is 43.8 Å². The van der Waals surface area contributed by atoms with Gasteiger partial charge in [0.05, 0.1) is 11.7 Å². The Kier molecular flexibility index (Phi) is 4.02. The van der Waals surface area contributed by atoms with E-state index >= 15 is 0 Å². The Bertz CT molecular complexity index is 353. The second-order valence-electron chi connectivity index (χ2n) is 5.21. The molecule has 1 atom stereocenters. The summed E-state index contributed by atoms with van der Waals surface area (Å²) in [6, 6.07) is 0.0983. The second-order valence-corrected chi connectivity index (χ2v) is 5.21. The fourth-order valence-electron chi connectivity index (χ4n) is 2.76. The zero-order valence-corrected chi connectivity index (χ0v) is 11.2. The molecule has 1 aliphatic carbocycles. The van der Waals surface area contributed by atoms with Crippen molar-refractivity contribution in [2.75, 3.05) is 0 Å². The molecule has 16 heavy (non-hydrogen) atoms. The van der Waals surface area contributed by atoms with Gasteiger partial charge in [0.15, 0.2) is 0 Å². The highest BCUT2D eigenvalue weighted by molar-refractivity contribution is 5.85. The molecule has 0 saturated heterocycles. The van der Waals surface area contributed by atoms with Crippen LogP contribution in [0.2, 0.25) is 0 Å². The van der Waals surface area contributed by atoms with Gasteiger partial charge in [0.25, 0.3) is 0 Å². The van der Waals surface area contributed by atoms with Crippen molar-refractivity contribution in [3.05, 3.63) is 17.5 Å². The van der Waals surface area contributed by atoms with E-state index in [0.29, 0.717) is 0 Å². The Hall–Kier alpha value is -0.540. The average Bonchev–Trinajstić information content (AvgIpc) is 2.73. The summed E-state index contributed by atoms with van der Waals surface area (Å²) in [6.45, 7) is 4.40. The molecule has 0 bridgehead atoms. The molecule has 3 nitrogen and oxygen atoms in total. The first-order valence-corrected chi connectivity index (χ1v) is 5.79. The third-order valence-corrected chi connectivity index (χ3v) is 3.84. The highest BCUT2D eigenvalue weighted by Crippen LogP contribution is 2.45. The molecule has 1 heterocycles. The van der Waals surface area contributed by atoms with Gasteiger partial charge in [0.2, 0.25) is 0 Å². The van der Waals surface area contributed by atoms with Crippen LogP contribution in [0.1, 0.15) is 49.9 Å². The Morgan fingerprint density at radius 3 is 2.44 bits per heavy atom. The van der Waals surface area contributed by atoms with Crippen molar-refractivity contribution in [3.63, 3.8) is 0 Å². The lowest BCUT2D eigenvalue weighted by atomic mass is 9.79. The monoisotopic (exact) mass is 243 g/mol. The van der Waals surface area contributed by atoms with E-state index in [1.54, 1.807) is 0 Å². The van der Waals surface area contributed by atoms with E-state index in [1.807, 2.05) is 17.9 Å². The summed E-state index contributed by atoms with van der Waals surface area (Å²) in [5.74, 6) is 0. The van der Waals surface area contributed by atoms with Crippen molar-refractivity contribution in [2.45, 2.75) is 45.6 Å². The van der Waals surface area contributed by atoms with Gasteiger partial charge in [-0.3, -0.25) is 4.68 Å². The zero-order valence-electron chi connectivity index (χ0n) is 10.4. The molecule has 1 saturated carbocycles. The number of aryl methyl sites for hydroxylation is 2. The maximum absolute atomic E-state index is 6.37. The van der Waals surface area contributed by atoms with Crippen molar-refractivity contribution < 1.29 is 0 Å². The van der Waals surface area contributed by atoms with Crippen molar-refractivity contribution in [1.82, 2.24) is 9.78 Å². The molecule has 1 fully saturated rings. The normalized spacial score (nSPS) is 20.5. The number of nitrogens with two attached hydrogens (primary N) is 1. The summed E-state index contributed by atoms with van der Waals surface area (Å²) in [5, 5.41) is 4.49. The third-order valence-electron chi connectivity index (χ3n) is 3.84. The van der Waals surface area contributed by atoms with E-state index in [4.69, 9.17) is 5.73 Å². The quantitative estimate of drug-likeness (QED) is 0.868. The maximum atomic E-state index is 6.37. The number of hydrogen-bond acceptors (Lipinski definition) is 2. The van der Waals surface area contributed by atoms with Crippen LogP contribution in [-0.2, 0) is 7.05 Å². The molecule has 92 valence electrons. The molecule has 0 amide bonds. The van der Waals surface area contributed by atoms with Gasteiger partial charge in [-0.25, -0.2) is 0 Å². The Balaban J connectivity index is 0.00000128. The van der Waals surface area contributed by atoms with Crippen molar-refractivity contribution in [2.24, 2.45) is 18.2 Å². The van der Waals surface area contributed by atoms with E-state index in [1.165, 1.54) is 31.2 Å². The molecule has 2 N–H and O–H groups in total. The second kappa shape index (κ2) is 4.76. The van der Waals surface area contributed by atoms with Crippen LogP contribution in [0.5, 0.6) is 0 Å². The van der Waals surface area contributed by atoms with Crippen molar-refractivity contribution >= 4 is 12.4 Å². The molecule has 4 heteroatoms. The fraction of sp³-hybridized carbons (Fsp3) is 0.750. The van der Waals surface area contributed by atoms with E-state index < -0.39 is 0 Å². The molecular formula is C12H22ClN3. The molecule has 2 rings (SSSR count). The number of halogens is 1. The van der Waals surface area contributed by atoms with Gasteiger partial charge in [-0.05, 0) is 30.7 Å². The van der Waals surface area contributed by atoms with E-state index in [2.05, 4.69) is 18.9 Å². The van der Waals surface area contributed by atoms with Gasteiger partial charge in [-0.15, -0.1) is 12.4 Å². The van der Waals surface area contributed by atoms with E-state index in [-0.39, 0.29) is 23.9 Å². The molecule has 0 radical (unpaired) electrons. The highest BCUT2D eigenvalue weighted by Gasteiger charge is 2.37. The first-order chi connectivity index (χ1) is 7.03. The van der Waals surface area contributed by atoms with E-state index in [0.717, 1.165) is 5.69 Å². The highest BCUT2D eigenvalue weighted by atomic mass is 35.5. The first-order valence-electron chi connectivity index (χ1n) is 5.79. The van der Waals surface area contributed by atoms with Crippen LogP contribution >= 0.6 is 12.4 Å². The van der Waals surface area contributed by atoms with Gasteiger partial charge < -0.3 is 5.73 Å². The van der Waals surface area contributed by atoms with Gasteiger partial charge >= 0.3 is 0 Å². The molecule has 0 aliphatic heterocycles. The molecule has 0 aromatic carbocycles. The van der Waals surface area contributed by atoms with Crippen molar-refractivity contribution in [1.29, 1.82) is 0 Å². The summed E-state index contributed by atoms with van der Waals surface area (Å²) in [7, 11) is 1.96. The van der Waals surface area contributed by atoms with Crippen LogP contribution in [0.25, 0.3) is 0 Å². The zero-order chi connectivity index (χ0) is 11.1. The Labute approximate surface area is 104 Å². The Morgan fingerprint density at radius 1 is 1.44 bits per heavy atom. The van der Waals surface area contributed by atoms with Crippen LogP contribution < -0.4 is 5.73 Å². The van der Waals surface area contributed by atoms with Crippen LogP contribution in [0.3, 0.4) is 0 Å². The van der Waals surface area contributed by atoms with Crippen LogP contribution in [0.15, 0.2) is 6.20 Å². The fourth-order valence-corrected chi connectivity index (χ4v) is 2.76. The summed E-state index contributed by atoms with van der Waals surface area (Å²) in [6.07, 6.45) is 7.16. The van der Waals surface area contributed by atoms with Crippen molar-refractivity contribution in [3.8, 4) is 0 Å². The van der Waals surface area contributed by atoms with Gasteiger partial charge in [0, 0.05) is 13.2 Å². The third kappa shape index (κ3) is 2.25. The molecule has 1 aromatic heterocycles. The summed E-state index contributed by atoms with van der Waals surface area (Å²) >= 11 is 0. The van der Waals surface area contributed by atoms with Gasteiger partial charge in [-0.1, -0.05) is 19.8 Å². The van der Waals surface area contributed by atoms with Crippen LogP contribution in [0.4, 0.5) is 0 Å². The SMILES string of the molecule is Cc1cn(C)nc1C(N)C1(C)CCCC1.Cl. The number of aromatic nitrogens is 2. The largest absolute Gasteiger partial charge is 0.322 e. The van der Waals surface area contributed by atoms with E-state index in [9.17, 15) is 0 Å². The molecule has 0 spiro atoms. The van der Waals surface area contributed by atoms with Gasteiger partial charge in [-0.2, -0.15) is 5.10 Å². The van der Waals surface area contributed by atoms with Gasteiger partial charge in [0.1, 0.15) is 0 Å². The Morgan fingerprint density at radius 2 is 2.00 bits per heavy atom. The number of hydrogen-bond donors (Lipinski definition) is 1. The number of rotatable bonds is 2. The lowest BCUT2D eigenvalue weighted by molar-refractivity contribution is 0.259. The minimum absolute atomic E-state index is 0. The summed E-state index contributed by atoms with van der Waals surface area (Å²) < 4.78 is 1.86. The molecule has 1 aliphatic rings. The smallest absolute Gasteiger partial charge is 0.0826 e. The predicted molar refractivity (Wildman–Crippen MR) is 68.7 cm³/mol. The molecule has 1 unspecified atom stereocenters. The predicted octanol–water partition coefficient (Wildman–Crippen LogP) is 2.73. The van der Waals surface area contributed by atoms with Crippen LogP contribution in [0, 0.1) is 12.3 Å². The molecular weight excluding hydrogens is 222 g/mol.